The minimum Gasteiger partial charge on any atom is -0.466 e. The smallest absolute Gasteiger partial charge is 0.313 e. The van der Waals surface area contributed by atoms with Crippen LogP contribution in [0.25, 0.3) is 0 Å². The molecule has 0 bridgehead atoms. The Morgan fingerprint density at radius 1 is 0.957 bits per heavy atom. The van der Waals surface area contributed by atoms with Crippen molar-refractivity contribution in [3.05, 3.63) is 35.4 Å². The van der Waals surface area contributed by atoms with Crippen molar-refractivity contribution in [2.75, 3.05) is 6.61 Å². The molecular weight excluding hydrogens is 288 g/mol. The molecule has 0 heterocycles. The lowest BCUT2D eigenvalue weighted by Gasteiger charge is -2.06. The summed E-state index contributed by atoms with van der Waals surface area (Å²) >= 11 is 0. The molecular formula is C20H30O3. The molecule has 0 amide bonds. The predicted molar refractivity (Wildman–Crippen MR) is 93.5 cm³/mol. The van der Waals surface area contributed by atoms with Gasteiger partial charge in [0.05, 0.1) is 6.61 Å². The van der Waals surface area contributed by atoms with Crippen LogP contribution in [-0.4, -0.2) is 18.4 Å². The lowest BCUT2D eigenvalue weighted by Crippen LogP contribution is -2.11. The highest BCUT2D eigenvalue weighted by Gasteiger charge is 2.09. The number of aryl methyl sites for hydroxylation is 2. The number of carbonyl (C=O) groups excluding carboxylic acids is 2. The minimum atomic E-state index is -0.411. The quantitative estimate of drug-likeness (QED) is 0.320. The number of rotatable bonds is 12. The predicted octanol–water partition coefficient (Wildman–Crippen LogP) is 4.65. The summed E-state index contributed by atoms with van der Waals surface area (Å²) in [6, 6.07) is 8.65. The Labute approximate surface area is 140 Å². The van der Waals surface area contributed by atoms with Gasteiger partial charge in [0.15, 0.2) is 0 Å². The van der Waals surface area contributed by atoms with Crippen molar-refractivity contribution >= 4 is 11.8 Å². The molecule has 0 saturated heterocycles. The molecule has 0 fully saturated rings. The summed E-state index contributed by atoms with van der Waals surface area (Å²) in [6.07, 6.45) is 8.27. The monoisotopic (exact) mass is 318 g/mol. The maximum Gasteiger partial charge on any atom is 0.313 e. The number of carbonyl (C=O) groups is 2. The molecule has 1 aromatic carbocycles. The molecule has 3 nitrogen and oxygen atoms in total. The van der Waals surface area contributed by atoms with Crippen molar-refractivity contribution in [1.82, 2.24) is 0 Å². The zero-order valence-electron chi connectivity index (χ0n) is 14.6. The summed E-state index contributed by atoms with van der Waals surface area (Å²) in [7, 11) is 0. The van der Waals surface area contributed by atoms with Gasteiger partial charge in [0, 0.05) is 6.42 Å². The van der Waals surface area contributed by atoms with Crippen LogP contribution in [0, 0.1) is 0 Å². The van der Waals surface area contributed by atoms with Gasteiger partial charge in [-0.2, -0.15) is 0 Å². The van der Waals surface area contributed by atoms with E-state index in [2.05, 4.69) is 31.2 Å². The largest absolute Gasteiger partial charge is 0.466 e. The van der Waals surface area contributed by atoms with E-state index >= 15 is 0 Å². The van der Waals surface area contributed by atoms with Crippen LogP contribution in [0.1, 0.15) is 69.9 Å². The van der Waals surface area contributed by atoms with Crippen molar-refractivity contribution in [3.63, 3.8) is 0 Å². The number of hydrogen-bond acceptors (Lipinski definition) is 3. The van der Waals surface area contributed by atoms with Crippen LogP contribution >= 0.6 is 0 Å². The van der Waals surface area contributed by atoms with E-state index in [1.165, 1.54) is 36.8 Å². The molecule has 128 valence electrons. The number of ketones is 1. The number of Topliss-reactive ketones (excluding diaryl/α,β-unsaturated/α-hetero) is 1. The van der Waals surface area contributed by atoms with Crippen molar-refractivity contribution in [3.8, 4) is 0 Å². The van der Waals surface area contributed by atoms with E-state index in [1.54, 1.807) is 6.92 Å². The van der Waals surface area contributed by atoms with E-state index in [0.29, 0.717) is 13.0 Å². The summed E-state index contributed by atoms with van der Waals surface area (Å²) in [5.74, 6) is -0.439. The third kappa shape index (κ3) is 9.17. The van der Waals surface area contributed by atoms with Gasteiger partial charge in [0.2, 0.25) is 0 Å². The number of ether oxygens (including phenoxy) is 1. The molecule has 0 aliphatic carbocycles. The number of unbranched alkanes of at least 4 members (excludes halogenated alkanes) is 3. The summed E-state index contributed by atoms with van der Waals surface area (Å²) in [4.78, 5) is 22.9. The highest BCUT2D eigenvalue weighted by atomic mass is 16.5. The number of hydrogen-bond donors (Lipinski definition) is 0. The fourth-order valence-electron chi connectivity index (χ4n) is 2.65. The summed E-state index contributed by atoms with van der Waals surface area (Å²) in [6.45, 7) is 4.30. The number of benzene rings is 1. The SMILES string of the molecule is CCCCCCc1cccc(CCCC(=O)CC(=O)OCC)c1. The van der Waals surface area contributed by atoms with Gasteiger partial charge in [-0.15, -0.1) is 0 Å². The Kier molecular flexibility index (Phi) is 10.0. The van der Waals surface area contributed by atoms with Crippen molar-refractivity contribution in [1.29, 1.82) is 0 Å². The molecule has 23 heavy (non-hydrogen) atoms. The van der Waals surface area contributed by atoms with E-state index in [0.717, 1.165) is 19.3 Å². The maximum atomic E-state index is 11.7. The highest BCUT2D eigenvalue weighted by Crippen LogP contribution is 2.13. The van der Waals surface area contributed by atoms with Crippen molar-refractivity contribution in [2.45, 2.75) is 71.6 Å². The van der Waals surface area contributed by atoms with Gasteiger partial charge in [0.1, 0.15) is 12.2 Å². The zero-order valence-corrected chi connectivity index (χ0v) is 14.6. The average molecular weight is 318 g/mol. The molecule has 0 N–H and O–H groups in total. The van der Waals surface area contributed by atoms with E-state index in [-0.39, 0.29) is 12.2 Å². The first-order valence-electron chi connectivity index (χ1n) is 8.90. The molecule has 0 aliphatic rings. The fourth-order valence-corrected chi connectivity index (χ4v) is 2.65. The molecule has 1 aromatic rings. The Hall–Kier alpha value is -1.64. The van der Waals surface area contributed by atoms with Crippen LogP contribution < -0.4 is 0 Å². The molecule has 0 saturated carbocycles. The first-order chi connectivity index (χ1) is 11.2. The molecule has 0 unspecified atom stereocenters. The second-order valence-corrected chi connectivity index (χ2v) is 6.00. The average Bonchev–Trinajstić information content (AvgIpc) is 2.52. The standard InChI is InChI=1S/C20H30O3/c1-3-5-6-7-10-17-11-8-12-18(15-17)13-9-14-19(21)16-20(22)23-4-2/h8,11-12,15H,3-7,9-10,13-14,16H2,1-2H3. The van der Waals surface area contributed by atoms with Gasteiger partial charge in [0.25, 0.3) is 0 Å². The Bertz CT molecular complexity index is 480. The van der Waals surface area contributed by atoms with Gasteiger partial charge in [-0.1, -0.05) is 50.5 Å². The molecule has 1 rings (SSSR count). The van der Waals surface area contributed by atoms with Crippen molar-refractivity contribution in [2.24, 2.45) is 0 Å². The van der Waals surface area contributed by atoms with Gasteiger partial charge in [-0.25, -0.2) is 0 Å². The van der Waals surface area contributed by atoms with Crippen molar-refractivity contribution < 1.29 is 14.3 Å². The van der Waals surface area contributed by atoms with Crippen LogP contribution in [0.5, 0.6) is 0 Å². The first-order valence-corrected chi connectivity index (χ1v) is 8.90. The zero-order chi connectivity index (χ0) is 16.9. The Balaban J connectivity index is 2.29. The third-order valence-corrected chi connectivity index (χ3v) is 3.88. The lowest BCUT2D eigenvalue weighted by molar-refractivity contribution is -0.145. The summed E-state index contributed by atoms with van der Waals surface area (Å²) < 4.78 is 4.79. The van der Waals surface area contributed by atoms with E-state index < -0.39 is 5.97 Å². The van der Waals surface area contributed by atoms with E-state index in [9.17, 15) is 9.59 Å². The van der Waals surface area contributed by atoms with Crippen LogP contribution in [0.4, 0.5) is 0 Å². The van der Waals surface area contributed by atoms with Crippen LogP contribution in [0.2, 0.25) is 0 Å². The first kappa shape index (κ1) is 19.4. The molecule has 0 atom stereocenters. The molecule has 0 radical (unpaired) electrons. The summed E-state index contributed by atoms with van der Waals surface area (Å²) in [5, 5.41) is 0. The van der Waals surface area contributed by atoms with Gasteiger partial charge in [-0.3, -0.25) is 9.59 Å². The number of esters is 1. The second kappa shape index (κ2) is 11.9. The summed E-state index contributed by atoms with van der Waals surface area (Å²) in [5.41, 5.74) is 2.67. The second-order valence-electron chi connectivity index (χ2n) is 6.00. The van der Waals surface area contributed by atoms with E-state index in [4.69, 9.17) is 4.74 Å². The van der Waals surface area contributed by atoms with Crippen LogP contribution in [0.15, 0.2) is 24.3 Å². The molecule has 0 aromatic heterocycles. The van der Waals surface area contributed by atoms with Gasteiger partial charge in [-0.05, 0) is 43.7 Å². The maximum absolute atomic E-state index is 11.7. The lowest BCUT2D eigenvalue weighted by atomic mass is 10.0. The fraction of sp³-hybridized carbons (Fsp3) is 0.600. The van der Waals surface area contributed by atoms with Gasteiger partial charge >= 0.3 is 5.97 Å². The third-order valence-electron chi connectivity index (χ3n) is 3.88. The van der Waals surface area contributed by atoms with Crippen LogP contribution in [0.3, 0.4) is 0 Å². The molecule has 0 spiro atoms. The molecule has 0 aliphatic heterocycles. The Morgan fingerprint density at radius 3 is 2.30 bits per heavy atom. The molecule has 3 heteroatoms. The Morgan fingerprint density at radius 2 is 1.65 bits per heavy atom. The van der Waals surface area contributed by atoms with Gasteiger partial charge < -0.3 is 4.74 Å². The van der Waals surface area contributed by atoms with E-state index in [1.807, 2.05) is 0 Å². The van der Waals surface area contributed by atoms with Crippen LogP contribution in [-0.2, 0) is 27.2 Å². The highest BCUT2D eigenvalue weighted by molar-refractivity contribution is 5.95. The topological polar surface area (TPSA) is 43.4 Å². The minimum absolute atomic E-state index is 0.0285. The normalized spacial score (nSPS) is 10.5.